The van der Waals surface area contributed by atoms with E-state index in [1.54, 1.807) is 6.92 Å². The monoisotopic (exact) mass is 961 g/mol. The first-order valence-corrected chi connectivity index (χ1v) is 37.2. The molecule has 0 aromatic heterocycles. The molecule has 18 heteroatoms. The van der Waals surface area contributed by atoms with Crippen molar-refractivity contribution in [3.63, 3.8) is 0 Å². The molecule has 0 fully saturated rings. The van der Waals surface area contributed by atoms with Gasteiger partial charge in [-0.1, -0.05) is 60.7 Å². The fourth-order valence-electron chi connectivity index (χ4n) is 4.10. The first kappa shape index (κ1) is 48.5. The Kier molecular flexibility index (Phi) is 27.6. The summed E-state index contributed by atoms with van der Waals surface area (Å²) in [6.45, 7) is 30.4. The molecule has 1 N–H and O–H groups in total. The quantitative estimate of drug-likeness (QED) is 0.247. The van der Waals surface area contributed by atoms with Crippen LogP contribution in [0.4, 0.5) is 0 Å². The fourth-order valence-corrected chi connectivity index (χ4v) is 28.6. The van der Waals surface area contributed by atoms with Crippen LogP contribution in [0.5, 0.6) is 0 Å². The average Bonchev–Trinajstić information content (AvgIpc) is 2.93. The zero-order chi connectivity index (χ0) is 36.0. The summed E-state index contributed by atoms with van der Waals surface area (Å²) in [6, 6.07) is 20.5. The molecule has 46 heavy (non-hydrogen) atoms. The Balaban J connectivity index is 0. The minimum absolute atomic E-state index is 0.250. The molecule has 9 nitrogen and oxygen atoms in total. The summed E-state index contributed by atoms with van der Waals surface area (Å²) in [5, 5.41) is 9.75. The van der Waals surface area contributed by atoms with Gasteiger partial charge in [-0.05, 0) is 92.4 Å². The van der Waals surface area contributed by atoms with Gasteiger partial charge in [0.1, 0.15) is 0 Å². The van der Waals surface area contributed by atoms with Crippen molar-refractivity contribution in [3.05, 3.63) is 60.7 Å². The summed E-state index contributed by atoms with van der Waals surface area (Å²) in [5.74, 6) is 0. The third kappa shape index (κ3) is 20.8. The van der Waals surface area contributed by atoms with Gasteiger partial charge >= 0.3 is 49.3 Å². The first-order chi connectivity index (χ1) is 21.5. The maximum atomic E-state index is 8.22. The molecule has 2 rings (SSSR count). The summed E-state index contributed by atoms with van der Waals surface area (Å²) in [5.41, 5.74) is 0. The van der Waals surface area contributed by atoms with Crippen LogP contribution in [0.2, 0.25) is 78.6 Å². The molecule has 0 heterocycles. The molecule has 0 aliphatic heterocycles. The van der Waals surface area contributed by atoms with Gasteiger partial charge in [0.25, 0.3) is 0 Å². The van der Waals surface area contributed by atoms with Crippen molar-refractivity contribution in [2.24, 2.45) is 0 Å². The molecule has 0 atom stereocenters. The number of benzene rings is 2. The zero-order valence-corrected chi connectivity index (χ0v) is 41.6. The number of rotatable bonds is 16. The van der Waals surface area contributed by atoms with Gasteiger partial charge in [0.15, 0.2) is 45.2 Å². The second kappa shape index (κ2) is 26.2. The van der Waals surface area contributed by atoms with Crippen LogP contribution in [0.3, 0.4) is 0 Å². The number of hydrogen-bond acceptors (Lipinski definition) is 9. The van der Waals surface area contributed by atoms with Crippen LogP contribution >= 0.6 is 0 Å². The van der Waals surface area contributed by atoms with Crippen LogP contribution in [-0.2, 0) is 52.3 Å². The fraction of sp³-hybridized carbons (Fsp3) is 0.571. The normalized spacial score (nSPS) is 12.0. The van der Waals surface area contributed by atoms with E-state index < -0.39 is 71.4 Å². The van der Waals surface area contributed by atoms with Crippen molar-refractivity contribution >= 4 is 81.7 Å². The number of aliphatic hydroxyl groups excluding tert-OH is 1. The topological polar surface area (TPSA) is 102 Å². The Bertz CT molecular complexity index is 974. The number of aliphatic hydroxyl groups is 1. The van der Waals surface area contributed by atoms with Gasteiger partial charge in [-0.2, -0.15) is 0 Å². The van der Waals surface area contributed by atoms with Crippen molar-refractivity contribution in [2.45, 2.75) is 92.4 Å². The van der Waals surface area contributed by atoms with E-state index in [9.17, 15) is 0 Å². The molecule has 0 saturated heterocycles. The van der Waals surface area contributed by atoms with Gasteiger partial charge < -0.3 is 34.2 Å². The second-order valence-corrected chi connectivity index (χ2v) is 34.4. The van der Waals surface area contributed by atoms with E-state index in [0.29, 0.717) is 6.61 Å². The molecular formula is C28H62O9PtSi8. The molecular weight excluding hydrogens is 900 g/mol. The predicted molar refractivity (Wildman–Crippen MR) is 207 cm³/mol. The third-order valence-electron chi connectivity index (χ3n) is 5.08. The van der Waals surface area contributed by atoms with Gasteiger partial charge in [0.05, 0.1) is 0 Å². The SMILES string of the molecule is CCO.CCO[Si](C)(C)O[Si](O[SiH](C)C)(O[SiH](C)C)c1ccccc1.C[SiH](C)O[Si](O[SiH](C)C)(O[SiH](C)C)c1ccccc1.[O]=[Pt]. The van der Waals surface area contributed by atoms with Crippen molar-refractivity contribution in [1.82, 2.24) is 0 Å². The van der Waals surface area contributed by atoms with E-state index in [1.807, 2.05) is 43.3 Å². The Morgan fingerprint density at radius 1 is 0.565 bits per heavy atom. The maximum absolute atomic E-state index is 8.22. The van der Waals surface area contributed by atoms with Crippen LogP contribution in [0, 0.1) is 0 Å². The van der Waals surface area contributed by atoms with Gasteiger partial charge in [-0.25, -0.2) is 0 Å². The van der Waals surface area contributed by atoms with Crippen molar-refractivity contribution in [2.75, 3.05) is 13.2 Å². The van der Waals surface area contributed by atoms with Gasteiger partial charge in [0.2, 0.25) is 0 Å². The zero-order valence-electron chi connectivity index (χ0n) is 30.6. The Morgan fingerprint density at radius 3 is 1.09 bits per heavy atom. The summed E-state index contributed by atoms with van der Waals surface area (Å²) in [6.07, 6.45) is 0. The summed E-state index contributed by atoms with van der Waals surface area (Å²) < 4.78 is 52.6. The minimum atomic E-state index is -2.91. The Morgan fingerprint density at radius 2 is 0.826 bits per heavy atom. The van der Waals surface area contributed by atoms with Crippen molar-refractivity contribution in [1.29, 1.82) is 0 Å². The molecule has 0 aliphatic rings. The van der Waals surface area contributed by atoms with Crippen LogP contribution < -0.4 is 10.4 Å². The molecule has 0 spiro atoms. The number of hydrogen-bond donors (Lipinski definition) is 1. The molecule has 0 aliphatic carbocycles. The van der Waals surface area contributed by atoms with Gasteiger partial charge in [-0.3, -0.25) is 0 Å². The van der Waals surface area contributed by atoms with E-state index in [1.165, 1.54) is 0 Å². The molecule has 0 saturated carbocycles. The molecule has 0 amide bonds. The molecule has 0 unspecified atom stereocenters. The van der Waals surface area contributed by atoms with E-state index in [4.69, 9.17) is 37.6 Å². The van der Waals surface area contributed by atoms with Gasteiger partial charge in [-0.15, -0.1) is 0 Å². The molecule has 2 aromatic carbocycles. The van der Waals surface area contributed by atoms with Crippen LogP contribution in [-0.4, -0.2) is 89.7 Å². The van der Waals surface area contributed by atoms with E-state index in [2.05, 4.69) is 103 Å². The standard InChI is InChI=1S/C14H30O4Si4.C12H26O3Si4.C2H6O.O.Pt/c1-8-15-21(6,7)18-22(16-19(2)3,17-20(4)5)14-12-10-9-11-13-14;1-16(2)13-19(14-17(3)4,15-18(5)6)12-10-8-7-9-11-12;1-2-3;;/h9-13,19-20H,8H2,1-7H3;7-11,16-18H,1-6H3;3H,2H2,1H3;;. The predicted octanol–water partition coefficient (Wildman–Crippen LogP) is 4.30. The second-order valence-electron chi connectivity index (χ2n) is 11.9. The average molecular weight is 963 g/mol. The van der Waals surface area contributed by atoms with Crippen LogP contribution in [0.25, 0.3) is 0 Å². The molecule has 270 valence electrons. The van der Waals surface area contributed by atoms with Crippen LogP contribution in [0.1, 0.15) is 13.8 Å². The van der Waals surface area contributed by atoms with E-state index in [0.717, 1.165) is 30.2 Å². The van der Waals surface area contributed by atoms with Crippen LogP contribution in [0.15, 0.2) is 60.7 Å². The van der Waals surface area contributed by atoms with E-state index in [-0.39, 0.29) is 6.61 Å². The summed E-state index contributed by atoms with van der Waals surface area (Å²) in [7, 11) is -14.2. The molecule has 2 aromatic rings. The summed E-state index contributed by atoms with van der Waals surface area (Å²) in [4.78, 5) is 0. The van der Waals surface area contributed by atoms with Gasteiger partial charge in [0, 0.05) is 23.6 Å². The Labute approximate surface area is 303 Å². The third-order valence-corrected chi connectivity index (χ3v) is 26.8. The van der Waals surface area contributed by atoms with E-state index >= 15 is 0 Å². The Hall–Kier alpha value is 0.343. The molecule has 0 bridgehead atoms. The molecule has 0 radical (unpaired) electrons. The first-order valence-electron chi connectivity index (χ1n) is 16.1. The van der Waals surface area contributed by atoms with Crippen molar-refractivity contribution in [3.8, 4) is 0 Å². The van der Waals surface area contributed by atoms with Crippen molar-refractivity contribution < 1.29 is 57.4 Å². The summed E-state index contributed by atoms with van der Waals surface area (Å²) >= 11 is 0.889.